The zero-order chi connectivity index (χ0) is 9.52. The normalized spacial score (nSPS) is 17.9. The van der Waals surface area contributed by atoms with Gasteiger partial charge in [0.25, 0.3) is 0 Å². The van der Waals surface area contributed by atoms with Gasteiger partial charge in [0.1, 0.15) is 0 Å². The van der Waals surface area contributed by atoms with E-state index in [2.05, 4.69) is 0 Å². The topological polar surface area (TPSA) is 17.1 Å². The number of rotatable bonds is 5. The predicted molar refractivity (Wildman–Crippen MR) is 66.1 cm³/mol. The fourth-order valence-corrected chi connectivity index (χ4v) is 5.23. The van der Waals surface area contributed by atoms with Gasteiger partial charge in [-0.15, -0.1) is 35.1 Å². The van der Waals surface area contributed by atoms with Crippen molar-refractivity contribution in [2.75, 3.05) is 23.1 Å². The second-order valence-corrected chi connectivity index (χ2v) is 7.07. The van der Waals surface area contributed by atoms with Crippen molar-refractivity contribution in [3.63, 3.8) is 0 Å². The van der Waals surface area contributed by atoms with E-state index in [0.29, 0.717) is 12.3 Å². The van der Waals surface area contributed by atoms with Crippen LogP contribution in [0.2, 0.25) is 0 Å². The molecule has 76 valence electrons. The molecule has 0 aromatic heterocycles. The molecular formula is C8H13ClOS3. The molecule has 5 heteroatoms. The van der Waals surface area contributed by atoms with E-state index < -0.39 is 0 Å². The Labute approximate surface area is 97.1 Å². The summed E-state index contributed by atoms with van der Waals surface area (Å²) in [6, 6.07) is 0. The average molecular weight is 257 g/mol. The first kappa shape index (κ1) is 12.1. The Morgan fingerprint density at radius 2 is 2.15 bits per heavy atom. The van der Waals surface area contributed by atoms with Gasteiger partial charge in [0.15, 0.2) is 5.12 Å². The van der Waals surface area contributed by atoms with Crippen LogP contribution in [0, 0.1) is 0 Å². The highest BCUT2D eigenvalue weighted by Crippen LogP contribution is 2.34. The lowest BCUT2D eigenvalue weighted by molar-refractivity contribution is -0.110. The van der Waals surface area contributed by atoms with Gasteiger partial charge < -0.3 is 0 Å². The average Bonchev–Trinajstić information content (AvgIpc) is 2.57. The van der Waals surface area contributed by atoms with Gasteiger partial charge in [0, 0.05) is 29.6 Å². The molecule has 1 fully saturated rings. The fraction of sp³-hybridized carbons (Fsp3) is 0.875. The molecule has 0 unspecified atom stereocenters. The number of hydrogen-bond acceptors (Lipinski definition) is 4. The first-order valence-electron chi connectivity index (χ1n) is 4.27. The Morgan fingerprint density at radius 3 is 2.77 bits per heavy atom. The molecule has 0 N–H and O–H groups in total. The lowest BCUT2D eigenvalue weighted by Crippen LogP contribution is -1.98. The van der Waals surface area contributed by atoms with Crippen LogP contribution in [0.3, 0.4) is 0 Å². The number of carbonyl (C=O) groups is 1. The van der Waals surface area contributed by atoms with Crippen LogP contribution in [0.15, 0.2) is 0 Å². The maximum Gasteiger partial charge on any atom is 0.190 e. The summed E-state index contributed by atoms with van der Waals surface area (Å²) >= 11 is 10.9. The number of halogens is 1. The van der Waals surface area contributed by atoms with E-state index in [1.54, 1.807) is 0 Å². The van der Waals surface area contributed by atoms with Crippen molar-refractivity contribution < 1.29 is 4.79 Å². The highest BCUT2D eigenvalue weighted by molar-refractivity contribution is 8.20. The summed E-state index contributed by atoms with van der Waals surface area (Å²) in [5.41, 5.74) is 0. The minimum absolute atomic E-state index is 0.239. The first-order chi connectivity index (χ1) is 6.33. The van der Waals surface area contributed by atoms with Gasteiger partial charge in [-0.3, -0.25) is 4.79 Å². The first-order valence-corrected chi connectivity index (χ1v) is 7.89. The standard InChI is InChI=1S/C8H13ClOS3/c9-3-1-7(10)11-4-2-8-12-5-6-13-8/h8H,1-6H2. The molecule has 1 rings (SSSR count). The molecule has 1 aliphatic rings. The SMILES string of the molecule is O=C(CCCl)SCCC1SCCS1. The Hall–Kier alpha value is 1.01. The molecule has 0 amide bonds. The molecule has 0 aliphatic carbocycles. The lowest BCUT2D eigenvalue weighted by Gasteiger charge is -2.05. The second kappa shape index (κ2) is 7.32. The minimum Gasteiger partial charge on any atom is -0.287 e. The molecule has 1 aliphatic heterocycles. The van der Waals surface area contributed by atoms with Crippen molar-refractivity contribution in [2.45, 2.75) is 17.4 Å². The van der Waals surface area contributed by atoms with Crippen LogP contribution < -0.4 is 0 Å². The zero-order valence-electron chi connectivity index (χ0n) is 7.33. The van der Waals surface area contributed by atoms with Crippen molar-refractivity contribution in [3.05, 3.63) is 0 Å². The molecular weight excluding hydrogens is 244 g/mol. The third-order valence-electron chi connectivity index (χ3n) is 1.61. The second-order valence-electron chi connectivity index (χ2n) is 2.62. The fourth-order valence-electron chi connectivity index (χ4n) is 0.992. The Kier molecular flexibility index (Phi) is 6.80. The van der Waals surface area contributed by atoms with Gasteiger partial charge in [-0.1, -0.05) is 11.8 Å². The molecule has 1 nitrogen and oxygen atoms in total. The Bertz CT molecular complexity index is 159. The van der Waals surface area contributed by atoms with Crippen molar-refractivity contribution in [1.82, 2.24) is 0 Å². The summed E-state index contributed by atoms with van der Waals surface area (Å²) in [4.78, 5) is 11.1. The summed E-state index contributed by atoms with van der Waals surface area (Å²) in [7, 11) is 0. The summed E-state index contributed by atoms with van der Waals surface area (Å²) in [6.07, 6.45) is 1.66. The van der Waals surface area contributed by atoms with E-state index in [9.17, 15) is 4.79 Å². The van der Waals surface area contributed by atoms with E-state index in [1.807, 2.05) is 23.5 Å². The molecule has 0 aromatic carbocycles. The molecule has 0 radical (unpaired) electrons. The summed E-state index contributed by atoms with van der Waals surface area (Å²) in [6.45, 7) is 0. The maximum atomic E-state index is 11.1. The molecule has 0 aromatic rings. The molecule has 1 saturated heterocycles. The van der Waals surface area contributed by atoms with Crippen LogP contribution in [0.4, 0.5) is 0 Å². The third-order valence-corrected chi connectivity index (χ3v) is 5.93. The van der Waals surface area contributed by atoms with Crippen molar-refractivity contribution >= 4 is 52.0 Å². The van der Waals surface area contributed by atoms with E-state index >= 15 is 0 Å². The van der Waals surface area contributed by atoms with Crippen molar-refractivity contribution in [2.24, 2.45) is 0 Å². The van der Waals surface area contributed by atoms with E-state index in [0.717, 1.165) is 16.8 Å². The van der Waals surface area contributed by atoms with Gasteiger partial charge in [0.05, 0.1) is 4.58 Å². The molecule has 0 spiro atoms. The van der Waals surface area contributed by atoms with Gasteiger partial charge in [0.2, 0.25) is 0 Å². The van der Waals surface area contributed by atoms with Gasteiger partial charge in [-0.05, 0) is 6.42 Å². The number of alkyl halides is 1. The largest absolute Gasteiger partial charge is 0.287 e. The van der Waals surface area contributed by atoms with Gasteiger partial charge in [-0.2, -0.15) is 0 Å². The van der Waals surface area contributed by atoms with Crippen molar-refractivity contribution in [1.29, 1.82) is 0 Å². The van der Waals surface area contributed by atoms with Gasteiger partial charge >= 0.3 is 0 Å². The highest BCUT2D eigenvalue weighted by atomic mass is 35.5. The van der Waals surface area contributed by atoms with Crippen LogP contribution in [-0.2, 0) is 4.79 Å². The number of hydrogen-bond donors (Lipinski definition) is 0. The van der Waals surface area contributed by atoms with Crippen LogP contribution in [-0.4, -0.2) is 32.8 Å². The lowest BCUT2D eigenvalue weighted by atomic mass is 10.5. The number of carbonyl (C=O) groups excluding carboxylic acids is 1. The van der Waals surface area contributed by atoms with Crippen LogP contribution in [0.5, 0.6) is 0 Å². The zero-order valence-corrected chi connectivity index (χ0v) is 10.5. The highest BCUT2D eigenvalue weighted by Gasteiger charge is 2.15. The van der Waals surface area contributed by atoms with E-state index in [-0.39, 0.29) is 5.12 Å². The van der Waals surface area contributed by atoms with Crippen LogP contribution in [0.25, 0.3) is 0 Å². The molecule has 0 bridgehead atoms. The van der Waals surface area contributed by atoms with Crippen LogP contribution in [0.1, 0.15) is 12.8 Å². The summed E-state index contributed by atoms with van der Waals surface area (Å²) in [5, 5.41) is 0.239. The van der Waals surface area contributed by atoms with E-state index in [1.165, 1.54) is 23.3 Å². The molecule has 13 heavy (non-hydrogen) atoms. The maximum absolute atomic E-state index is 11.1. The number of thioether (sulfide) groups is 3. The van der Waals surface area contributed by atoms with E-state index in [4.69, 9.17) is 11.6 Å². The van der Waals surface area contributed by atoms with Gasteiger partial charge in [-0.25, -0.2) is 0 Å². The summed E-state index contributed by atoms with van der Waals surface area (Å²) in [5.74, 6) is 3.96. The van der Waals surface area contributed by atoms with Crippen LogP contribution >= 0.6 is 46.9 Å². The smallest absolute Gasteiger partial charge is 0.190 e. The predicted octanol–water partition coefficient (Wildman–Crippen LogP) is 3.07. The Morgan fingerprint density at radius 1 is 1.46 bits per heavy atom. The molecule has 0 atom stereocenters. The summed E-state index contributed by atoms with van der Waals surface area (Å²) < 4.78 is 0.733. The van der Waals surface area contributed by atoms with Crippen molar-refractivity contribution in [3.8, 4) is 0 Å². The Balaban J connectivity index is 1.96. The third kappa shape index (κ3) is 5.45. The minimum atomic E-state index is 0.239. The monoisotopic (exact) mass is 256 g/mol. The molecule has 0 saturated carbocycles. The quantitative estimate of drug-likeness (QED) is 0.703. The molecule has 1 heterocycles.